The fourth-order valence-corrected chi connectivity index (χ4v) is 4.06. The van der Waals surface area contributed by atoms with Gasteiger partial charge in [-0.05, 0) is 52.2 Å². The summed E-state index contributed by atoms with van der Waals surface area (Å²) in [6, 6.07) is 14.0. The molecule has 2 aromatic rings. The first-order valence-corrected chi connectivity index (χ1v) is 9.63. The summed E-state index contributed by atoms with van der Waals surface area (Å²) in [5.74, 6) is 0. The second kappa shape index (κ2) is 7.99. The summed E-state index contributed by atoms with van der Waals surface area (Å²) in [5, 5.41) is 10.3. The van der Waals surface area contributed by atoms with Crippen LogP contribution in [0.2, 0.25) is 0 Å². The van der Waals surface area contributed by atoms with Crippen LogP contribution < -0.4 is 4.31 Å². The molecule has 0 aliphatic carbocycles. The molecule has 5 nitrogen and oxygen atoms in total. The topological polar surface area (TPSA) is 60.9 Å². The molecule has 0 bridgehead atoms. The second-order valence-corrected chi connectivity index (χ2v) is 8.46. The van der Waals surface area contributed by atoms with Gasteiger partial charge in [-0.15, -0.1) is 0 Å². The minimum absolute atomic E-state index is 0.00253. The van der Waals surface area contributed by atoms with Crippen molar-refractivity contribution in [3.05, 3.63) is 59.7 Å². The van der Waals surface area contributed by atoms with Crippen molar-refractivity contribution in [3.63, 3.8) is 0 Å². The first kappa shape index (κ1) is 19.4. The maximum Gasteiger partial charge on any atom is 0.264 e. The minimum atomic E-state index is -3.76. The predicted molar refractivity (Wildman–Crippen MR) is 101 cm³/mol. The van der Waals surface area contributed by atoms with Gasteiger partial charge < -0.3 is 10.0 Å². The van der Waals surface area contributed by atoms with E-state index in [1.54, 1.807) is 36.4 Å². The molecule has 0 aliphatic rings. The maximum atomic E-state index is 13.2. The number of benzene rings is 2. The number of nitrogens with zero attached hydrogens (tertiary/aromatic N) is 2. The number of rotatable bonds is 7. The number of anilines is 1. The van der Waals surface area contributed by atoms with Crippen molar-refractivity contribution in [3.8, 4) is 0 Å². The molecular weight excluding hydrogens is 336 g/mol. The highest BCUT2D eigenvalue weighted by atomic mass is 32.2. The van der Waals surface area contributed by atoms with Crippen LogP contribution in [0.1, 0.15) is 11.1 Å². The standard InChI is InChI=1S/C19H26N2O3S/c1-15-5-9-17(10-6-15)21(14-18(22)13-20(3)4)25(23,24)19-11-7-16(2)8-12-19/h5-12,18,22H,13-14H2,1-4H3. The van der Waals surface area contributed by atoms with Crippen LogP contribution in [0.3, 0.4) is 0 Å². The van der Waals surface area contributed by atoms with E-state index in [1.165, 1.54) is 4.31 Å². The summed E-state index contributed by atoms with van der Waals surface area (Å²) in [7, 11) is -0.0774. The second-order valence-electron chi connectivity index (χ2n) is 6.60. The molecule has 2 rings (SSSR count). The van der Waals surface area contributed by atoms with Crippen LogP contribution in [0, 0.1) is 13.8 Å². The molecule has 0 saturated heterocycles. The van der Waals surface area contributed by atoms with Gasteiger partial charge in [-0.2, -0.15) is 0 Å². The summed E-state index contributed by atoms with van der Waals surface area (Å²) in [6.45, 7) is 4.24. The molecule has 1 unspecified atom stereocenters. The van der Waals surface area contributed by atoms with Crippen molar-refractivity contribution in [1.82, 2.24) is 4.90 Å². The van der Waals surface area contributed by atoms with E-state index in [-0.39, 0.29) is 11.4 Å². The average Bonchev–Trinajstić information content (AvgIpc) is 2.53. The van der Waals surface area contributed by atoms with Gasteiger partial charge in [0.1, 0.15) is 0 Å². The lowest BCUT2D eigenvalue weighted by atomic mass is 10.2. The van der Waals surface area contributed by atoms with Gasteiger partial charge >= 0.3 is 0 Å². The summed E-state index contributed by atoms with van der Waals surface area (Å²) in [4.78, 5) is 2.05. The van der Waals surface area contributed by atoms with Crippen LogP contribution in [0.4, 0.5) is 5.69 Å². The first-order valence-electron chi connectivity index (χ1n) is 8.19. The van der Waals surface area contributed by atoms with E-state index in [4.69, 9.17) is 0 Å². The molecule has 6 heteroatoms. The third kappa shape index (κ3) is 5.04. The summed E-state index contributed by atoms with van der Waals surface area (Å²) in [5.41, 5.74) is 2.59. The van der Waals surface area contributed by atoms with Crippen molar-refractivity contribution in [2.45, 2.75) is 24.8 Å². The number of aryl methyl sites for hydroxylation is 2. The summed E-state index contributed by atoms with van der Waals surface area (Å²) < 4.78 is 27.6. The molecule has 0 aromatic heterocycles. The lowest BCUT2D eigenvalue weighted by Crippen LogP contribution is -2.41. The number of hydrogen-bond acceptors (Lipinski definition) is 4. The highest BCUT2D eigenvalue weighted by molar-refractivity contribution is 7.92. The number of likely N-dealkylation sites (N-methyl/N-ethyl adjacent to an activating group) is 1. The molecule has 25 heavy (non-hydrogen) atoms. The fraction of sp³-hybridized carbons (Fsp3) is 0.368. The molecule has 1 N–H and O–H groups in total. The molecule has 0 saturated carbocycles. The summed E-state index contributed by atoms with van der Waals surface area (Å²) in [6.07, 6.45) is -0.795. The monoisotopic (exact) mass is 362 g/mol. The van der Waals surface area contributed by atoms with Crippen molar-refractivity contribution in [2.24, 2.45) is 0 Å². The van der Waals surface area contributed by atoms with Crippen LogP contribution in [0.25, 0.3) is 0 Å². The molecule has 2 aromatic carbocycles. The minimum Gasteiger partial charge on any atom is -0.390 e. The van der Waals surface area contributed by atoms with Crippen molar-refractivity contribution < 1.29 is 13.5 Å². The third-order valence-electron chi connectivity index (χ3n) is 3.88. The normalized spacial score (nSPS) is 13.0. The van der Waals surface area contributed by atoms with Gasteiger partial charge in [0.25, 0.3) is 10.0 Å². The van der Waals surface area contributed by atoms with E-state index in [0.29, 0.717) is 12.2 Å². The highest BCUT2D eigenvalue weighted by Crippen LogP contribution is 2.24. The Hall–Kier alpha value is -1.89. The van der Waals surface area contributed by atoms with Crippen LogP contribution in [-0.2, 0) is 10.0 Å². The van der Waals surface area contributed by atoms with Gasteiger partial charge in [0, 0.05) is 6.54 Å². The Kier molecular flexibility index (Phi) is 6.21. The van der Waals surface area contributed by atoms with E-state index < -0.39 is 16.1 Å². The zero-order chi connectivity index (χ0) is 18.6. The van der Waals surface area contributed by atoms with Crippen molar-refractivity contribution >= 4 is 15.7 Å². The zero-order valence-corrected chi connectivity index (χ0v) is 16.0. The first-order chi connectivity index (χ1) is 11.7. The van der Waals surface area contributed by atoms with E-state index in [0.717, 1.165) is 11.1 Å². The van der Waals surface area contributed by atoms with E-state index in [1.807, 2.05) is 45.0 Å². The van der Waals surface area contributed by atoms with Crippen LogP contribution in [0.15, 0.2) is 53.4 Å². The lowest BCUT2D eigenvalue weighted by Gasteiger charge is -2.28. The molecule has 0 amide bonds. The Morgan fingerprint density at radius 1 is 0.880 bits per heavy atom. The Bertz CT molecular complexity index is 784. The van der Waals surface area contributed by atoms with Crippen molar-refractivity contribution in [1.29, 1.82) is 0 Å². The molecule has 0 aliphatic heterocycles. The lowest BCUT2D eigenvalue weighted by molar-refractivity contribution is 0.145. The molecule has 0 spiro atoms. The van der Waals surface area contributed by atoms with Gasteiger partial charge in [-0.25, -0.2) is 8.42 Å². The quantitative estimate of drug-likeness (QED) is 0.822. The van der Waals surface area contributed by atoms with Gasteiger partial charge in [0.05, 0.1) is 23.2 Å². The Balaban J connectivity index is 2.42. The number of aliphatic hydroxyl groups excluding tert-OH is 1. The molecular formula is C19H26N2O3S. The fourth-order valence-electron chi connectivity index (χ4n) is 2.56. The SMILES string of the molecule is Cc1ccc(N(CC(O)CN(C)C)S(=O)(=O)c2ccc(C)cc2)cc1. The van der Waals surface area contributed by atoms with Crippen LogP contribution in [0.5, 0.6) is 0 Å². The van der Waals surface area contributed by atoms with Crippen molar-refractivity contribution in [2.75, 3.05) is 31.5 Å². The smallest absolute Gasteiger partial charge is 0.264 e. The highest BCUT2D eigenvalue weighted by Gasteiger charge is 2.27. The van der Waals surface area contributed by atoms with Gasteiger partial charge in [-0.3, -0.25) is 4.31 Å². The number of aliphatic hydroxyl groups is 1. The number of hydrogen-bond donors (Lipinski definition) is 1. The molecule has 0 radical (unpaired) electrons. The van der Waals surface area contributed by atoms with Gasteiger partial charge in [-0.1, -0.05) is 35.4 Å². The Morgan fingerprint density at radius 3 is 1.84 bits per heavy atom. The average molecular weight is 362 g/mol. The molecule has 0 fully saturated rings. The van der Waals surface area contributed by atoms with Gasteiger partial charge in [0.15, 0.2) is 0 Å². The molecule has 0 heterocycles. The number of sulfonamides is 1. The molecule has 1 atom stereocenters. The Morgan fingerprint density at radius 2 is 1.36 bits per heavy atom. The Labute approximate surface area is 150 Å². The maximum absolute atomic E-state index is 13.2. The molecule has 136 valence electrons. The van der Waals surface area contributed by atoms with Crippen LogP contribution in [-0.4, -0.2) is 51.7 Å². The zero-order valence-electron chi connectivity index (χ0n) is 15.2. The van der Waals surface area contributed by atoms with E-state index in [9.17, 15) is 13.5 Å². The van der Waals surface area contributed by atoms with E-state index in [2.05, 4.69) is 0 Å². The van der Waals surface area contributed by atoms with E-state index >= 15 is 0 Å². The van der Waals surface area contributed by atoms with Crippen LogP contribution >= 0.6 is 0 Å². The van der Waals surface area contributed by atoms with Gasteiger partial charge in [0.2, 0.25) is 0 Å². The predicted octanol–water partition coefficient (Wildman–Crippen LogP) is 2.42. The summed E-state index contributed by atoms with van der Waals surface area (Å²) >= 11 is 0. The largest absolute Gasteiger partial charge is 0.390 e. The third-order valence-corrected chi connectivity index (χ3v) is 5.69.